The van der Waals surface area contributed by atoms with Crippen LogP contribution in [0.15, 0.2) is 23.6 Å². The van der Waals surface area contributed by atoms with Gasteiger partial charge in [-0.2, -0.15) is 0 Å². The molecule has 0 unspecified atom stereocenters. The van der Waals surface area contributed by atoms with E-state index in [1.165, 1.54) is 11.3 Å². The van der Waals surface area contributed by atoms with Crippen LogP contribution in [0, 0.1) is 6.92 Å². The Labute approximate surface area is 145 Å². The van der Waals surface area contributed by atoms with Gasteiger partial charge in [-0.1, -0.05) is 26.0 Å². The summed E-state index contributed by atoms with van der Waals surface area (Å²) < 4.78 is 5.62. The first kappa shape index (κ1) is 17.9. The summed E-state index contributed by atoms with van der Waals surface area (Å²) in [5.74, 6) is 0.331. The van der Waals surface area contributed by atoms with Gasteiger partial charge in [0.1, 0.15) is 5.75 Å². The molecule has 0 bridgehead atoms. The lowest BCUT2D eigenvalue weighted by Crippen LogP contribution is -2.20. The number of nitrogens with zero attached hydrogens (tertiary/aromatic N) is 1. The lowest BCUT2D eigenvalue weighted by molar-refractivity contribution is -0.118. The van der Waals surface area contributed by atoms with E-state index in [9.17, 15) is 9.59 Å². The highest BCUT2D eigenvalue weighted by Crippen LogP contribution is 2.24. The van der Waals surface area contributed by atoms with Crippen LogP contribution >= 0.6 is 11.3 Å². The summed E-state index contributed by atoms with van der Waals surface area (Å²) in [5.41, 5.74) is 7.79. The summed E-state index contributed by atoms with van der Waals surface area (Å²) in [4.78, 5) is 27.0. The standard InChI is InChI=1S/C17H21N3O3S/c1-10(2)12-5-4-11(3)14(6-12)23-8-16(22)20-17-19-13(9-24-17)7-15(18)21/h4-6,9-10H,7-8H2,1-3H3,(H2,18,21)(H,19,20,22). The molecule has 0 saturated heterocycles. The molecule has 2 rings (SSSR count). The number of amides is 2. The van der Waals surface area contributed by atoms with Crippen molar-refractivity contribution in [1.82, 2.24) is 4.98 Å². The van der Waals surface area contributed by atoms with Crippen molar-refractivity contribution in [2.45, 2.75) is 33.1 Å². The molecule has 3 N–H and O–H groups in total. The maximum absolute atomic E-state index is 12.0. The number of carbonyl (C=O) groups excluding carboxylic acids is 2. The fraction of sp³-hybridized carbons (Fsp3) is 0.353. The first-order valence-corrected chi connectivity index (χ1v) is 8.49. The van der Waals surface area contributed by atoms with Crippen molar-refractivity contribution in [3.05, 3.63) is 40.4 Å². The van der Waals surface area contributed by atoms with Gasteiger partial charge >= 0.3 is 0 Å². The molecule has 128 valence electrons. The Kier molecular flexibility index (Phi) is 5.92. The fourth-order valence-electron chi connectivity index (χ4n) is 2.05. The minimum Gasteiger partial charge on any atom is -0.483 e. The lowest BCUT2D eigenvalue weighted by Gasteiger charge is -2.12. The summed E-state index contributed by atoms with van der Waals surface area (Å²) in [6, 6.07) is 6.00. The molecule has 24 heavy (non-hydrogen) atoms. The predicted octanol–water partition coefficient (Wildman–Crippen LogP) is 2.62. The third-order valence-electron chi connectivity index (χ3n) is 3.39. The molecule has 0 saturated carbocycles. The Balaban J connectivity index is 1.92. The van der Waals surface area contributed by atoms with Crippen LogP contribution in [0.1, 0.15) is 36.6 Å². The smallest absolute Gasteiger partial charge is 0.264 e. The van der Waals surface area contributed by atoms with Crippen LogP contribution < -0.4 is 15.8 Å². The second-order valence-corrected chi connectivity index (χ2v) is 6.66. The van der Waals surface area contributed by atoms with Gasteiger partial charge in [0.05, 0.1) is 12.1 Å². The van der Waals surface area contributed by atoms with E-state index in [0.717, 1.165) is 11.1 Å². The number of ether oxygens (including phenoxy) is 1. The molecule has 1 aromatic heterocycles. The number of carbonyl (C=O) groups is 2. The van der Waals surface area contributed by atoms with E-state index in [-0.39, 0.29) is 18.9 Å². The van der Waals surface area contributed by atoms with E-state index in [4.69, 9.17) is 10.5 Å². The third-order valence-corrected chi connectivity index (χ3v) is 4.20. The van der Waals surface area contributed by atoms with Crippen LogP contribution in [0.4, 0.5) is 5.13 Å². The zero-order valence-electron chi connectivity index (χ0n) is 14.0. The Morgan fingerprint density at radius 2 is 2.12 bits per heavy atom. The van der Waals surface area contributed by atoms with Gasteiger partial charge in [-0.15, -0.1) is 11.3 Å². The second kappa shape index (κ2) is 7.92. The van der Waals surface area contributed by atoms with Crippen molar-refractivity contribution < 1.29 is 14.3 Å². The molecule has 0 aliphatic rings. The average Bonchev–Trinajstić information content (AvgIpc) is 2.92. The number of aryl methyl sites for hydroxylation is 1. The Bertz CT molecular complexity index is 740. The first-order chi connectivity index (χ1) is 11.3. The Hall–Kier alpha value is -2.41. The molecule has 7 heteroatoms. The number of primary amides is 1. The molecule has 1 aromatic carbocycles. The molecular weight excluding hydrogens is 326 g/mol. The molecule has 0 aliphatic carbocycles. The van der Waals surface area contributed by atoms with Crippen LogP contribution in [0.3, 0.4) is 0 Å². The van der Waals surface area contributed by atoms with Crippen LogP contribution in [0.5, 0.6) is 5.75 Å². The van der Waals surface area contributed by atoms with Crippen molar-refractivity contribution in [3.63, 3.8) is 0 Å². The van der Waals surface area contributed by atoms with Gasteiger partial charge in [0, 0.05) is 5.38 Å². The molecule has 2 aromatic rings. The summed E-state index contributed by atoms with van der Waals surface area (Å²) in [5, 5.41) is 4.77. The summed E-state index contributed by atoms with van der Waals surface area (Å²) in [6.45, 7) is 6.04. The SMILES string of the molecule is Cc1ccc(C(C)C)cc1OCC(=O)Nc1nc(CC(N)=O)cs1. The van der Waals surface area contributed by atoms with Crippen LogP contribution in [-0.2, 0) is 16.0 Å². The number of hydrogen-bond acceptors (Lipinski definition) is 5. The van der Waals surface area contributed by atoms with Gasteiger partial charge in [0.15, 0.2) is 11.7 Å². The summed E-state index contributed by atoms with van der Waals surface area (Å²) in [7, 11) is 0. The molecule has 1 heterocycles. The summed E-state index contributed by atoms with van der Waals surface area (Å²) >= 11 is 1.24. The number of hydrogen-bond donors (Lipinski definition) is 2. The Morgan fingerprint density at radius 3 is 2.79 bits per heavy atom. The van der Waals surface area contributed by atoms with Crippen molar-refractivity contribution in [2.24, 2.45) is 5.73 Å². The largest absolute Gasteiger partial charge is 0.483 e. The first-order valence-electron chi connectivity index (χ1n) is 7.61. The van der Waals surface area contributed by atoms with Crippen molar-refractivity contribution >= 4 is 28.3 Å². The summed E-state index contributed by atoms with van der Waals surface area (Å²) in [6.07, 6.45) is 0.0596. The van der Waals surface area contributed by atoms with Gasteiger partial charge in [-0.05, 0) is 30.0 Å². The molecule has 2 amide bonds. The van der Waals surface area contributed by atoms with E-state index in [1.54, 1.807) is 5.38 Å². The highest BCUT2D eigenvalue weighted by atomic mass is 32.1. The number of benzene rings is 1. The maximum Gasteiger partial charge on any atom is 0.264 e. The molecule has 0 aliphatic heterocycles. The number of rotatable bonds is 7. The average molecular weight is 347 g/mol. The molecular formula is C17H21N3O3S. The minimum absolute atomic E-state index is 0.0596. The fourth-order valence-corrected chi connectivity index (χ4v) is 2.78. The van der Waals surface area contributed by atoms with Crippen molar-refractivity contribution in [3.8, 4) is 5.75 Å². The molecule has 6 nitrogen and oxygen atoms in total. The van der Waals surface area contributed by atoms with Crippen molar-refractivity contribution in [2.75, 3.05) is 11.9 Å². The number of nitrogens with one attached hydrogen (secondary N) is 1. The highest BCUT2D eigenvalue weighted by molar-refractivity contribution is 7.13. The maximum atomic E-state index is 12.0. The topological polar surface area (TPSA) is 94.3 Å². The van der Waals surface area contributed by atoms with E-state index in [2.05, 4.69) is 30.2 Å². The van der Waals surface area contributed by atoms with Gasteiger partial charge < -0.3 is 10.5 Å². The zero-order chi connectivity index (χ0) is 17.7. The molecule has 0 radical (unpaired) electrons. The van der Waals surface area contributed by atoms with E-state index in [1.807, 2.05) is 19.1 Å². The second-order valence-electron chi connectivity index (χ2n) is 5.80. The van der Waals surface area contributed by atoms with Crippen molar-refractivity contribution in [1.29, 1.82) is 0 Å². The molecule has 0 spiro atoms. The van der Waals surface area contributed by atoms with Gasteiger partial charge in [-0.25, -0.2) is 4.98 Å². The van der Waals surface area contributed by atoms with Crippen LogP contribution in [-0.4, -0.2) is 23.4 Å². The molecule has 0 atom stereocenters. The predicted molar refractivity (Wildman–Crippen MR) is 94.4 cm³/mol. The number of anilines is 1. The number of nitrogens with two attached hydrogens (primary N) is 1. The Morgan fingerprint density at radius 1 is 1.38 bits per heavy atom. The highest BCUT2D eigenvalue weighted by Gasteiger charge is 2.10. The van der Waals surface area contributed by atoms with Gasteiger partial charge in [0.25, 0.3) is 5.91 Å². The quantitative estimate of drug-likeness (QED) is 0.805. The normalized spacial score (nSPS) is 10.7. The van der Waals surface area contributed by atoms with E-state index in [0.29, 0.717) is 22.5 Å². The zero-order valence-corrected chi connectivity index (χ0v) is 14.8. The van der Waals surface area contributed by atoms with Gasteiger partial charge in [-0.3, -0.25) is 14.9 Å². The van der Waals surface area contributed by atoms with Crippen LogP contribution in [0.25, 0.3) is 0 Å². The minimum atomic E-state index is -0.456. The lowest BCUT2D eigenvalue weighted by atomic mass is 10.0. The molecule has 0 fully saturated rings. The van der Waals surface area contributed by atoms with E-state index < -0.39 is 5.91 Å². The van der Waals surface area contributed by atoms with Crippen LogP contribution in [0.2, 0.25) is 0 Å². The number of aromatic nitrogens is 1. The monoisotopic (exact) mass is 347 g/mol. The van der Waals surface area contributed by atoms with Gasteiger partial charge in [0.2, 0.25) is 5.91 Å². The third kappa shape index (κ3) is 5.06. The number of thiazole rings is 1. The van der Waals surface area contributed by atoms with E-state index >= 15 is 0 Å².